The highest BCUT2D eigenvalue weighted by atomic mass is 16.3. The fourth-order valence-corrected chi connectivity index (χ4v) is 9.26. The maximum absolute atomic E-state index is 6.81. The number of fused-ring (bicyclic) bond motifs is 9. The molecule has 0 saturated heterocycles. The summed E-state index contributed by atoms with van der Waals surface area (Å²) in [6.07, 6.45) is 0. The second-order valence-corrected chi connectivity index (χ2v) is 13.9. The molecule has 0 bridgehead atoms. The van der Waals surface area contributed by atoms with Crippen molar-refractivity contribution in [1.29, 1.82) is 0 Å². The van der Waals surface area contributed by atoms with Crippen LogP contribution in [0.15, 0.2) is 199 Å². The monoisotopic (exact) mass is 660 g/mol. The van der Waals surface area contributed by atoms with Gasteiger partial charge < -0.3 is 4.42 Å². The molecule has 1 aromatic heterocycles. The van der Waals surface area contributed by atoms with E-state index in [0.29, 0.717) is 0 Å². The summed E-state index contributed by atoms with van der Waals surface area (Å²) in [5, 5.41) is 7.06. The molecule has 242 valence electrons. The predicted octanol–water partition coefficient (Wildman–Crippen LogP) is 13.6. The largest absolute Gasteiger partial charge is 0.455 e. The summed E-state index contributed by atoms with van der Waals surface area (Å²) in [6, 6.07) is 70.9. The van der Waals surface area contributed by atoms with Gasteiger partial charge in [0.15, 0.2) is 0 Å². The third kappa shape index (κ3) is 3.94. The molecule has 0 aliphatic heterocycles. The Morgan fingerprint density at radius 2 is 0.904 bits per heavy atom. The topological polar surface area (TPSA) is 13.1 Å². The van der Waals surface area contributed by atoms with Gasteiger partial charge in [0, 0.05) is 21.7 Å². The molecule has 10 aromatic rings. The first kappa shape index (κ1) is 29.1. The molecule has 11 rings (SSSR count). The van der Waals surface area contributed by atoms with E-state index < -0.39 is 5.41 Å². The summed E-state index contributed by atoms with van der Waals surface area (Å²) in [5.74, 6) is 0. The molecular formula is C51H32O. The Balaban J connectivity index is 1.27. The zero-order valence-electron chi connectivity index (χ0n) is 28.4. The van der Waals surface area contributed by atoms with E-state index in [1.807, 2.05) is 0 Å². The Bertz CT molecular complexity index is 2950. The zero-order valence-corrected chi connectivity index (χ0v) is 28.4. The molecule has 0 fully saturated rings. The first-order valence-electron chi connectivity index (χ1n) is 18.0. The number of rotatable bonds is 4. The van der Waals surface area contributed by atoms with Gasteiger partial charge in [0.1, 0.15) is 11.2 Å². The van der Waals surface area contributed by atoms with Crippen molar-refractivity contribution in [2.24, 2.45) is 0 Å². The fourth-order valence-electron chi connectivity index (χ4n) is 9.26. The average molecular weight is 661 g/mol. The van der Waals surface area contributed by atoms with E-state index in [0.717, 1.165) is 27.3 Å². The van der Waals surface area contributed by atoms with Gasteiger partial charge in [-0.3, -0.25) is 0 Å². The minimum Gasteiger partial charge on any atom is -0.455 e. The number of furan rings is 1. The van der Waals surface area contributed by atoms with Crippen LogP contribution in [0, 0.1) is 0 Å². The SMILES string of the molecule is c1ccc(-c2c3ccccc3c(-c3ccc4c(c3)-c3ccccc3C4(c3ccccc3)c3ccccc3)c3ccc4c5ccccc5oc4c23)cc1. The van der Waals surface area contributed by atoms with Gasteiger partial charge in [-0.1, -0.05) is 176 Å². The van der Waals surface area contributed by atoms with Crippen LogP contribution in [0.3, 0.4) is 0 Å². The molecule has 9 aromatic carbocycles. The molecule has 0 saturated carbocycles. The number of benzene rings is 9. The van der Waals surface area contributed by atoms with Gasteiger partial charge in [-0.25, -0.2) is 0 Å². The number of hydrogen-bond acceptors (Lipinski definition) is 1. The summed E-state index contributed by atoms with van der Waals surface area (Å²) in [5.41, 5.74) is 13.9. The molecule has 0 unspecified atom stereocenters. The first-order chi connectivity index (χ1) is 25.8. The van der Waals surface area contributed by atoms with Crippen molar-refractivity contribution in [3.05, 3.63) is 216 Å². The third-order valence-electron chi connectivity index (χ3n) is 11.3. The number of hydrogen-bond donors (Lipinski definition) is 0. The van der Waals surface area contributed by atoms with E-state index in [9.17, 15) is 0 Å². The molecule has 1 heterocycles. The van der Waals surface area contributed by atoms with E-state index in [1.165, 1.54) is 71.8 Å². The van der Waals surface area contributed by atoms with Crippen LogP contribution in [0.1, 0.15) is 22.3 Å². The van der Waals surface area contributed by atoms with Gasteiger partial charge in [0.05, 0.1) is 5.41 Å². The van der Waals surface area contributed by atoms with Gasteiger partial charge in [-0.2, -0.15) is 0 Å². The van der Waals surface area contributed by atoms with Crippen LogP contribution in [-0.2, 0) is 5.41 Å². The molecule has 0 atom stereocenters. The van der Waals surface area contributed by atoms with Crippen LogP contribution in [0.25, 0.3) is 76.9 Å². The maximum atomic E-state index is 6.81. The molecule has 1 aliphatic carbocycles. The Morgan fingerprint density at radius 3 is 1.63 bits per heavy atom. The van der Waals surface area contributed by atoms with E-state index in [2.05, 4.69) is 194 Å². The third-order valence-corrected chi connectivity index (χ3v) is 11.3. The van der Waals surface area contributed by atoms with Crippen LogP contribution in [0.5, 0.6) is 0 Å². The minimum absolute atomic E-state index is 0.436. The van der Waals surface area contributed by atoms with Crippen LogP contribution in [0.2, 0.25) is 0 Å². The molecule has 1 nitrogen and oxygen atoms in total. The predicted molar refractivity (Wildman–Crippen MR) is 217 cm³/mol. The molecule has 1 aliphatic rings. The van der Waals surface area contributed by atoms with E-state index in [4.69, 9.17) is 4.42 Å². The summed E-state index contributed by atoms with van der Waals surface area (Å²) in [6.45, 7) is 0. The highest BCUT2D eigenvalue weighted by Gasteiger charge is 2.46. The Labute approximate surface area is 302 Å². The molecule has 1 heteroatoms. The van der Waals surface area contributed by atoms with Crippen LogP contribution < -0.4 is 0 Å². The summed E-state index contributed by atoms with van der Waals surface area (Å²) < 4.78 is 6.81. The average Bonchev–Trinajstić information content (AvgIpc) is 3.75. The van der Waals surface area contributed by atoms with Gasteiger partial charge in [-0.15, -0.1) is 0 Å². The summed E-state index contributed by atoms with van der Waals surface area (Å²) in [4.78, 5) is 0. The molecule has 0 radical (unpaired) electrons. The first-order valence-corrected chi connectivity index (χ1v) is 18.0. The molecule has 52 heavy (non-hydrogen) atoms. The van der Waals surface area contributed by atoms with Gasteiger partial charge in [-0.05, 0) is 84.4 Å². The molecule has 0 amide bonds. The van der Waals surface area contributed by atoms with Gasteiger partial charge in [0.2, 0.25) is 0 Å². The Morgan fingerprint density at radius 1 is 0.346 bits per heavy atom. The number of para-hydroxylation sites is 1. The van der Waals surface area contributed by atoms with Crippen molar-refractivity contribution in [2.45, 2.75) is 5.41 Å². The van der Waals surface area contributed by atoms with Crippen molar-refractivity contribution in [3.8, 4) is 33.4 Å². The van der Waals surface area contributed by atoms with Crippen LogP contribution in [-0.4, -0.2) is 0 Å². The second-order valence-electron chi connectivity index (χ2n) is 13.9. The van der Waals surface area contributed by atoms with Crippen molar-refractivity contribution in [2.75, 3.05) is 0 Å². The van der Waals surface area contributed by atoms with Crippen molar-refractivity contribution < 1.29 is 4.42 Å². The highest BCUT2D eigenvalue weighted by Crippen LogP contribution is 2.57. The highest BCUT2D eigenvalue weighted by molar-refractivity contribution is 6.29. The van der Waals surface area contributed by atoms with Crippen molar-refractivity contribution in [1.82, 2.24) is 0 Å². The second kappa shape index (κ2) is 11.2. The normalized spacial score (nSPS) is 13.2. The minimum atomic E-state index is -0.436. The smallest absolute Gasteiger partial charge is 0.143 e. The lowest BCUT2D eigenvalue weighted by atomic mass is 9.67. The van der Waals surface area contributed by atoms with Crippen LogP contribution in [0.4, 0.5) is 0 Å². The molecular weight excluding hydrogens is 629 g/mol. The summed E-state index contributed by atoms with van der Waals surface area (Å²) >= 11 is 0. The standard InChI is InChI=1S/C51H32O/c1-4-16-33(17-5-1)48-40-25-11-10-24-39(40)47(42-30-29-41-38-23-13-15-27-46(38)52-50(41)49(42)48)34-28-31-45-43(32-34)37-22-12-14-26-44(37)51(45,35-18-6-2-7-19-35)36-20-8-3-9-21-36/h1-32H. The lowest BCUT2D eigenvalue weighted by Gasteiger charge is -2.33. The van der Waals surface area contributed by atoms with Crippen molar-refractivity contribution >= 4 is 43.5 Å². The zero-order chi connectivity index (χ0) is 34.2. The van der Waals surface area contributed by atoms with Crippen LogP contribution >= 0.6 is 0 Å². The van der Waals surface area contributed by atoms with Gasteiger partial charge >= 0.3 is 0 Å². The van der Waals surface area contributed by atoms with E-state index in [1.54, 1.807) is 0 Å². The molecule has 0 N–H and O–H groups in total. The lowest BCUT2D eigenvalue weighted by molar-refractivity contribution is 0.673. The van der Waals surface area contributed by atoms with E-state index >= 15 is 0 Å². The maximum Gasteiger partial charge on any atom is 0.143 e. The lowest BCUT2D eigenvalue weighted by Crippen LogP contribution is -2.28. The van der Waals surface area contributed by atoms with Gasteiger partial charge in [0.25, 0.3) is 0 Å². The van der Waals surface area contributed by atoms with Crippen molar-refractivity contribution in [3.63, 3.8) is 0 Å². The molecule has 0 spiro atoms. The van der Waals surface area contributed by atoms with E-state index in [-0.39, 0.29) is 0 Å². The Hall–Kier alpha value is -6.70. The summed E-state index contributed by atoms with van der Waals surface area (Å²) in [7, 11) is 0. The quantitative estimate of drug-likeness (QED) is 0.171. The fraction of sp³-hybridized carbons (Fsp3) is 0.0196. The Kier molecular flexibility index (Phi) is 6.23.